The molecule has 1 atom stereocenters. The van der Waals surface area contributed by atoms with Crippen molar-refractivity contribution < 1.29 is 13.6 Å². The van der Waals surface area contributed by atoms with Crippen LogP contribution in [0.25, 0.3) is 10.8 Å². The summed E-state index contributed by atoms with van der Waals surface area (Å²) in [5.74, 6) is -1.44. The lowest BCUT2D eigenvalue weighted by molar-refractivity contribution is 0.0950. The molecular formula is C29H35F2N3O2. The van der Waals surface area contributed by atoms with E-state index in [2.05, 4.69) is 17.1 Å². The fourth-order valence-corrected chi connectivity index (χ4v) is 4.89. The molecule has 36 heavy (non-hydrogen) atoms. The molecule has 3 aromatic rings. The van der Waals surface area contributed by atoms with Gasteiger partial charge in [-0.1, -0.05) is 50.5 Å². The molecule has 1 saturated heterocycles. The van der Waals surface area contributed by atoms with Gasteiger partial charge >= 0.3 is 0 Å². The maximum Gasteiger partial charge on any atom is 0.261 e. The highest BCUT2D eigenvalue weighted by atomic mass is 19.1. The summed E-state index contributed by atoms with van der Waals surface area (Å²) in [5.41, 5.74) is 0.996. The van der Waals surface area contributed by atoms with Gasteiger partial charge in [-0.15, -0.1) is 0 Å². The highest BCUT2D eigenvalue weighted by Gasteiger charge is 2.27. The second-order valence-corrected chi connectivity index (χ2v) is 9.74. The molecule has 1 aliphatic carbocycles. The van der Waals surface area contributed by atoms with Crippen molar-refractivity contribution in [3.05, 3.63) is 81.3 Å². The normalized spacial score (nSPS) is 17.1. The first-order chi connectivity index (χ1) is 17.4. The van der Waals surface area contributed by atoms with Gasteiger partial charge in [0.25, 0.3) is 11.5 Å². The van der Waals surface area contributed by atoms with Gasteiger partial charge in [-0.25, -0.2) is 8.78 Å². The van der Waals surface area contributed by atoms with Crippen LogP contribution in [0.15, 0.2) is 47.3 Å². The van der Waals surface area contributed by atoms with E-state index in [-0.39, 0.29) is 29.4 Å². The van der Waals surface area contributed by atoms with E-state index in [1.807, 2.05) is 0 Å². The number of fused-ring (bicyclic) bond motifs is 1. The third kappa shape index (κ3) is 6.01. The molecule has 0 bridgehead atoms. The van der Waals surface area contributed by atoms with Crippen molar-refractivity contribution in [2.75, 3.05) is 13.1 Å². The lowest BCUT2D eigenvalue weighted by atomic mass is 10.0. The van der Waals surface area contributed by atoms with Crippen molar-refractivity contribution in [1.82, 2.24) is 14.8 Å². The molecule has 1 unspecified atom stereocenters. The maximum absolute atomic E-state index is 14.8. The highest BCUT2D eigenvalue weighted by Crippen LogP contribution is 2.25. The molecule has 0 radical (unpaired) electrons. The van der Waals surface area contributed by atoms with E-state index in [1.165, 1.54) is 43.5 Å². The molecular weight excluding hydrogens is 460 g/mol. The van der Waals surface area contributed by atoms with E-state index in [4.69, 9.17) is 0 Å². The molecule has 0 spiro atoms. The molecule has 2 heterocycles. The Balaban J connectivity index is 0.000000943. The average molecular weight is 496 g/mol. The number of hydrogen-bond acceptors (Lipinski definition) is 3. The number of halogens is 2. The minimum atomic E-state index is -0.637. The number of benzene rings is 2. The number of amides is 1. The summed E-state index contributed by atoms with van der Waals surface area (Å²) in [7, 11) is 0. The van der Waals surface area contributed by atoms with Crippen LogP contribution in [0.5, 0.6) is 0 Å². The van der Waals surface area contributed by atoms with Gasteiger partial charge in [0.05, 0.1) is 10.9 Å². The van der Waals surface area contributed by atoms with Crippen molar-refractivity contribution in [3.8, 4) is 0 Å². The van der Waals surface area contributed by atoms with Crippen LogP contribution < -0.4 is 10.9 Å². The number of aromatic nitrogens is 1. The molecule has 1 saturated carbocycles. The number of pyridine rings is 1. The van der Waals surface area contributed by atoms with Gasteiger partial charge in [-0.2, -0.15) is 0 Å². The largest absolute Gasteiger partial charge is 0.348 e. The Morgan fingerprint density at radius 1 is 1.08 bits per heavy atom. The molecule has 7 heteroatoms. The summed E-state index contributed by atoms with van der Waals surface area (Å²) >= 11 is 0. The van der Waals surface area contributed by atoms with E-state index in [1.54, 1.807) is 29.7 Å². The molecule has 5 nitrogen and oxygen atoms in total. The lowest BCUT2D eigenvalue weighted by Gasteiger charge is -2.26. The Morgan fingerprint density at radius 2 is 1.83 bits per heavy atom. The molecule has 2 aliphatic rings. The van der Waals surface area contributed by atoms with Crippen molar-refractivity contribution in [2.45, 2.75) is 71.5 Å². The first kappa shape index (κ1) is 26.0. The highest BCUT2D eigenvalue weighted by molar-refractivity contribution is 6.07. The van der Waals surface area contributed by atoms with E-state index in [9.17, 15) is 18.4 Å². The van der Waals surface area contributed by atoms with Crippen molar-refractivity contribution in [3.63, 3.8) is 0 Å². The van der Waals surface area contributed by atoms with Gasteiger partial charge in [-0.3, -0.25) is 14.5 Å². The molecule has 1 N–H and O–H groups in total. The number of nitrogens with one attached hydrogen (secondary N) is 1. The molecule has 2 fully saturated rings. The van der Waals surface area contributed by atoms with Gasteiger partial charge in [0.15, 0.2) is 0 Å². The third-order valence-corrected chi connectivity index (χ3v) is 6.83. The smallest absolute Gasteiger partial charge is 0.261 e. The Morgan fingerprint density at radius 3 is 2.53 bits per heavy atom. The second-order valence-electron chi connectivity index (χ2n) is 9.74. The summed E-state index contributed by atoms with van der Waals surface area (Å²) in [5, 5.41) is 3.03. The topological polar surface area (TPSA) is 54.3 Å². The van der Waals surface area contributed by atoms with Crippen LogP contribution in [0.1, 0.15) is 67.1 Å². The zero-order chi connectivity index (χ0) is 25.7. The van der Waals surface area contributed by atoms with Crippen molar-refractivity contribution in [2.24, 2.45) is 0 Å². The van der Waals surface area contributed by atoms with Crippen LogP contribution in [-0.4, -0.2) is 34.5 Å². The lowest BCUT2D eigenvalue weighted by Crippen LogP contribution is -2.38. The first-order valence-electron chi connectivity index (χ1n) is 13.0. The number of hydrogen-bond donors (Lipinski definition) is 1. The van der Waals surface area contributed by atoms with Crippen LogP contribution in [0, 0.1) is 18.6 Å². The minimum Gasteiger partial charge on any atom is -0.348 e. The van der Waals surface area contributed by atoms with Crippen LogP contribution in [0.2, 0.25) is 0 Å². The molecule has 1 aromatic heterocycles. The molecule has 192 valence electrons. The summed E-state index contributed by atoms with van der Waals surface area (Å²) < 4.78 is 29.9. The van der Waals surface area contributed by atoms with E-state index >= 15 is 0 Å². The minimum absolute atomic E-state index is 0.0703. The average Bonchev–Trinajstić information content (AvgIpc) is 3.68. The van der Waals surface area contributed by atoms with Crippen molar-refractivity contribution >= 4 is 16.7 Å². The Labute approximate surface area is 211 Å². The van der Waals surface area contributed by atoms with Crippen molar-refractivity contribution in [1.29, 1.82) is 0 Å². The zero-order valence-electron chi connectivity index (χ0n) is 21.2. The van der Waals surface area contributed by atoms with Gasteiger partial charge in [-0.05, 0) is 63.0 Å². The monoisotopic (exact) mass is 495 g/mol. The van der Waals surface area contributed by atoms with Gasteiger partial charge in [0.1, 0.15) is 11.6 Å². The zero-order valence-corrected chi connectivity index (χ0v) is 21.2. The summed E-state index contributed by atoms with van der Waals surface area (Å²) in [6.07, 6.45) is 7.54. The van der Waals surface area contributed by atoms with Gasteiger partial charge in [0.2, 0.25) is 0 Å². The quantitative estimate of drug-likeness (QED) is 0.467. The molecule has 2 aromatic carbocycles. The van der Waals surface area contributed by atoms with Gasteiger partial charge in [0, 0.05) is 30.2 Å². The second kappa shape index (κ2) is 11.8. The molecule has 1 amide bonds. The van der Waals surface area contributed by atoms with Gasteiger partial charge < -0.3 is 9.88 Å². The maximum atomic E-state index is 14.8. The fourth-order valence-electron chi connectivity index (χ4n) is 4.89. The van der Waals surface area contributed by atoms with E-state index in [0.29, 0.717) is 23.2 Å². The summed E-state index contributed by atoms with van der Waals surface area (Å²) in [4.78, 5) is 29.0. The first-order valence-corrected chi connectivity index (χ1v) is 13.0. The Kier molecular flexibility index (Phi) is 8.52. The number of carbonyl (C=O) groups excluding carboxylic acids is 1. The number of carbonyl (C=O) groups is 1. The number of nitrogens with zero attached hydrogens (tertiary/aromatic N) is 2. The molecule has 5 rings (SSSR count). The van der Waals surface area contributed by atoms with E-state index in [0.717, 1.165) is 32.4 Å². The number of rotatable bonds is 7. The van der Waals surface area contributed by atoms with E-state index < -0.39 is 17.3 Å². The van der Waals surface area contributed by atoms with Crippen LogP contribution in [-0.2, 0) is 13.1 Å². The number of likely N-dealkylation sites (tertiary alicyclic amines) is 1. The Bertz CT molecular complexity index is 1280. The SMILES string of the molecule is C1CC1.CCCN1CCCC1Cn1c(C)c(C(=O)NCc2cccc(F)c2)c2cccc(F)c2c1=O. The van der Waals surface area contributed by atoms with Crippen LogP contribution in [0.4, 0.5) is 8.78 Å². The predicted molar refractivity (Wildman–Crippen MR) is 139 cm³/mol. The van der Waals surface area contributed by atoms with Crippen LogP contribution in [0.3, 0.4) is 0 Å². The summed E-state index contributed by atoms with van der Waals surface area (Å²) in [6.45, 7) is 6.33. The molecule has 1 aliphatic heterocycles. The fraction of sp³-hybridized carbons (Fsp3) is 0.448. The predicted octanol–water partition coefficient (Wildman–Crippen LogP) is 5.56. The third-order valence-electron chi connectivity index (χ3n) is 6.83. The van der Waals surface area contributed by atoms with Crippen LogP contribution >= 0.6 is 0 Å². The Hall–Kier alpha value is -3.06. The summed E-state index contributed by atoms with van der Waals surface area (Å²) in [6, 6.07) is 10.5. The standard InChI is InChI=1S/C26H29F2N3O2.C3H6/c1-3-12-30-13-6-9-20(30)16-31-17(2)23(21-10-5-11-22(28)24(21)26(31)33)25(32)29-15-18-7-4-8-19(27)14-18;1-2-3-1/h4-5,7-8,10-11,14,20H,3,6,9,12-13,15-16H2,1-2H3,(H,29,32);1-3H2.